The van der Waals surface area contributed by atoms with Gasteiger partial charge in [-0.1, -0.05) is 23.1 Å². The highest BCUT2D eigenvalue weighted by atomic mass is 32.2. The maximum Gasteiger partial charge on any atom is 0.271 e. The van der Waals surface area contributed by atoms with Crippen LogP contribution in [0.5, 0.6) is 5.75 Å². The third kappa shape index (κ3) is 5.27. The first-order valence-corrected chi connectivity index (χ1v) is 11.0. The van der Waals surface area contributed by atoms with Crippen molar-refractivity contribution in [3.05, 3.63) is 28.3 Å². The van der Waals surface area contributed by atoms with Crippen LogP contribution in [-0.2, 0) is 14.8 Å². The Hall–Kier alpha value is -2.45. The maximum absolute atomic E-state index is 12.3. The van der Waals surface area contributed by atoms with Gasteiger partial charge in [0.25, 0.3) is 5.69 Å². The Labute approximate surface area is 162 Å². The van der Waals surface area contributed by atoms with Crippen molar-refractivity contribution in [2.75, 3.05) is 35.8 Å². The summed E-state index contributed by atoms with van der Waals surface area (Å²) in [5.41, 5.74) is -0.458. The highest BCUT2D eigenvalue weighted by Crippen LogP contribution is 2.33. The summed E-state index contributed by atoms with van der Waals surface area (Å²) in [4.78, 5) is 22.6. The molecule has 0 unspecified atom stereocenters. The van der Waals surface area contributed by atoms with Gasteiger partial charge in [0.05, 0.1) is 18.3 Å². The van der Waals surface area contributed by atoms with Crippen LogP contribution in [0.25, 0.3) is 0 Å². The number of amides is 1. The number of nitro groups is 1. The van der Waals surface area contributed by atoms with Crippen molar-refractivity contribution >= 4 is 55.5 Å². The highest BCUT2D eigenvalue weighted by molar-refractivity contribution is 8.00. The Bertz CT molecular complexity index is 961. The molecule has 0 radical (unpaired) electrons. The molecule has 2 aromatic rings. The zero-order valence-electron chi connectivity index (χ0n) is 14.4. The first-order chi connectivity index (χ1) is 12.7. The predicted octanol–water partition coefficient (Wildman–Crippen LogP) is 1.58. The van der Waals surface area contributed by atoms with Crippen molar-refractivity contribution in [3.63, 3.8) is 0 Å². The number of aromatic nitrogens is 2. The van der Waals surface area contributed by atoms with Crippen LogP contribution >= 0.6 is 23.1 Å². The lowest BCUT2D eigenvalue weighted by Gasteiger charge is -2.23. The molecule has 27 heavy (non-hydrogen) atoms. The molecule has 146 valence electrons. The highest BCUT2D eigenvalue weighted by Gasteiger charge is 2.26. The van der Waals surface area contributed by atoms with Gasteiger partial charge in [-0.25, -0.2) is 8.42 Å². The molecule has 0 fully saturated rings. The lowest BCUT2D eigenvalue weighted by Crippen LogP contribution is -2.37. The van der Waals surface area contributed by atoms with E-state index < -0.39 is 27.4 Å². The number of methoxy groups -OCH3 is 1. The molecule has 0 aliphatic heterocycles. The van der Waals surface area contributed by atoms with Gasteiger partial charge in [-0.2, -0.15) is 0 Å². The van der Waals surface area contributed by atoms with Gasteiger partial charge in [-0.05, 0) is 12.3 Å². The number of thioether (sulfide) groups is 1. The number of non-ortho nitro benzene ring substituents is 1. The van der Waals surface area contributed by atoms with Gasteiger partial charge in [0.15, 0.2) is 4.34 Å². The Morgan fingerprint density at radius 2 is 2.15 bits per heavy atom. The molecular formula is C13H15N5O6S3. The van der Waals surface area contributed by atoms with Gasteiger partial charge >= 0.3 is 0 Å². The zero-order chi connectivity index (χ0) is 20.2. The Morgan fingerprint density at radius 3 is 2.67 bits per heavy atom. The molecule has 2 rings (SSSR count). The van der Waals surface area contributed by atoms with Crippen molar-refractivity contribution < 1.29 is 22.9 Å². The summed E-state index contributed by atoms with van der Waals surface area (Å²) in [6.07, 6.45) is 2.68. The third-order valence-electron chi connectivity index (χ3n) is 3.16. The molecule has 0 aliphatic carbocycles. The molecule has 14 heteroatoms. The minimum atomic E-state index is -3.95. The number of anilines is 2. The molecule has 1 aromatic heterocycles. The van der Waals surface area contributed by atoms with Crippen molar-refractivity contribution in [1.29, 1.82) is 0 Å². The SMILES string of the molecule is COc1ccc([N+](=O)[O-])cc1N(CC(=O)Nc1nnc(SC)s1)S(C)(=O)=O. The molecule has 0 spiro atoms. The second-order valence-corrected chi connectivity index (χ2v) is 8.95. The summed E-state index contributed by atoms with van der Waals surface area (Å²) in [5, 5.41) is 21.3. The maximum atomic E-state index is 12.3. The van der Waals surface area contributed by atoms with Crippen molar-refractivity contribution in [3.8, 4) is 5.75 Å². The Balaban J connectivity index is 2.34. The van der Waals surface area contributed by atoms with Crippen LogP contribution in [0.15, 0.2) is 22.5 Å². The van der Waals surface area contributed by atoms with Crippen molar-refractivity contribution in [1.82, 2.24) is 10.2 Å². The molecule has 1 amide bonds. The van der Waals surface area contributed by atoms with E-state index >= 15 is 0 Å². The fourth-order valence-corrected chi connectivity index (χ4v) is 4.04. The summed E-state index contributed by atoms with van der Waals surface area (Å²) in [6.45, 7) is -0.620. The van der Waals surface area contributed by atoms with Gasteiger partial charge in [0, 0.05) is 12.1 Å². The number of carbonyl (C=O) groups is 1. The molecule has 1 heterocycles. The molecule has 0 bridgehead atoms. The number of ether oxygens (including phenoxy) is 1. The lowest BCUT2D eigenvalue weighted by molar-refractivity contribution is -0.384. The lowest BCUT2D eigenvalue weighted by atomic mass is 10.2. The quantitative estimate of drug-likeness (QED) is 0.284. The van der Waals surface area contributed by atoms with Gasteiger partial charge in [0.2, 0.25) is 21.1 Å². The monoisotopic (exact) mass is 433 g/mol. The number of nitrogens with zero attached hydrogens (tertiary/aromatic N) is 4. The number of benzene rings is 1. The average Bonchev–Trinajstić information content (AvgIpc) is 3.05. The number of rotatable bonds is 8. The average molecular weight is 433 g/mol. The van der Waals surface area contributed by atoms with Crippen LogP contribution in [0.4, 0.5) is 16.5 Å². The van der Waals surface area contributed by atoms with Gasteiger partial charge in [0.1, 0.15) is 18.0 Å². The van der Waals surface area contributed by atoms with Crippen LogP contribution in [-0.4, -0.2) is 55.6 Å². The standard InChI is InChI=1S/C13H15N5O6S3/c1-24-10-5-4-8(18(20)21)6-9(10)17(27(3,22)23)7-11(19)14-12-15-16-13(25-2)26-12/h4-6H,7H2,1-3H3,(H,14,15,19). The topological polar surface area (TPSA) is 145 Å². The first-order valence-electron chi connectivity index (χ1n) is 7.13. The van der Waals surface area contributed by atoms with E-state index in [0.717, 1.165) is 28.0 Å². The molecule has 0 saturated carbocycles. The van der Waals surface area contributed by atoms with Crippen LogP contribution in [0.3, 0.4) is 0 Å². The summed E-state index contributed by atoms with van der Waals surface area (Å²) in [5.74, 6) is -0.614. The van der Waals surface area contributed by atoms with E-state index in [-0.39, 0.29) is 22.3 Å². The number of sulfonamides is 1. The second-order valence-electron chi connectivity index (χ2n) is 5.01. The molecule has 1 aromatic carbocycles. The van der Waals surface area contributed by atoms with E-state index in [1.165, 1.54) is 31.0 Å². The Morgan fingerprint density at radius 1 is 1.44 bits per heavy atom. The van der Waals surface area contributed by atoms with E-state index in [2.05, 4.69) is 15.5 Å². The van der Waals surface area contributed by atoms with E-state index in [0.29, 0.717) is 4.34 Å². The van der Waals surface area contributed by atoms with E-state index in [4.69, 9.17) is 4.74 Å². The molecule has 11 nitrogen and oxygen atoms in total. The normalized spacial score (nSPS) is 11.1. The fraction of sp³-hybridized carbons (Fsp3) is 0.308. The molecule has 0 saturated heterocycles. The summed E-state index contributed by atoms with van der Waals surface area (Å²) in [6, 6.07) is 3.47. The molecule has 0 aliphatic rings. The van der Waals surface area contributed by atoms with E-state index in [9.17, 15) is 23.3 Å². The van der Waals surface area contributed by atoms with E-state index in [1.54, 1.807) is 6.26 Å². The fourth-order valence-electron chi connectivity index (χ4n) is 2.00. The van der Waals surface area contributed by atoms with Crippen LogP contribution < -0.4 is 14.4 Å². The summed E-state index contributed by atoms with van der Waals surface area (Å²) < 4.78 is 30.9. The van der Waals surface area contributed by atoms with Crippen molar-refractivity contribution in [2.24, 2.45) is 0 Å². The zero-order valence-corrected chi connectivity index (χ0v) is 16.9. The van der Waals surface area contributed by atoms with Crippen LogP contribution in [0.2, 0.25) is 0 Å². The number of carbonyl (C=O) groups excluding carboxylic acids is 1. The number of hydrogen-bond acceptors (Lipinski definition) is 10. The number of nitro benzene ring substituents is 1. The second kappa shape index (κ2) is 8.49. The third-order valence-corrected chi connectivity index (χ3v) is 6.10. The summed E-state index contributed by atoms with van der Waals surface area (Å²) in [7, 11) is -2.66. The molecular weight excluding hydrogens is 418 g/mol. The minimum Gasteiger partial charge on any atom is -0.495 e. The predicted molar refractivity (Wildman–Crippen MR) is 102 cm³/mol. The minimum absolute atomic E-state index is 0.0689. The Kier molecular flexibility index (Phi) is 6.56. The van der Waals surface area contributed by atoms with Crippen LogP contribution in [0.1, 0.15) is 0 Å². The number of hydrogen-bond donors (Lipinski definition) is 1. The smallest absolute Gasteiger partial charge is 0.271 e. The molecule has 1 N–H and O–H groups in total. The van der Waals surface area contributed by atoms with Gasteiger partial charge in [-0.15, -0.1) is 10.2 Å². The van der Waals surface area contributed by atoms with Crippen molar-refractivity contribution in [2.45, 2.75) is 4.34 Å². The molecule has 0 atom stereocenters. The first kappa shape index (κ1) is 20.9. The number of nitrogens with one attached hydrogen (secondary N) is 1. The largest absolute Gasteiger partial charge is 0.495 e. The van der Waals surface area contributed by atoms with Crippen LogP contribution in [0, 0.1) is 10.1 Å². The van der Waals surface area contributed by atoms with Gasteiger partial charge < -0.3 is 4.74 Å². The van der Waals surface area contributed by atoms with Gasteiger partial charge in [-0.3, -0.25) is 24.5 Å². The summed E-state index contributed by atoms with van der Waals surface area (Å²) >= 11 is 2.48. The van der Waals surface area contributed by atoms with E-state index in [1.807, 2.05) is 0 Å².